The van der Waals surface area contributed by atoms with Gasteiger partial charge in [0, 0.05) is 13.1 Å². The van der Waals surface area contributed by atoms with E-state index in [1.54, 1.807) is 17.0 Å². The van der Waals surface area contributed by atoms with Crippen molar-refractivity contribution in [2.24, 2.45) is 11.8 Å². The van der Waals surface area contributed by atoms with E-state index >= 15 is 0 Å². The normalized spacial score (nSPS) is 24.4. The first-order chi connectivity index (χ1) is 11.9. The summed E-state index contributed by atoms with van der Waals surface area (Å²) in [4.78, 5) is 52.3. The van der Waals surface area contributed by atoms with Crippen LogP contribution >= 0.6 is 0 Å². The quantitative estimate of drug-likeness (QED) is 0.600. The van der Waals surface area contributed by atoms with Crippen LogP contribution in [0, 0.1) is 11.8 Å². The first kappa shape index (κ1) is 17.2. The molecule has 0 radical (unpaired) electrons. The number of hydrogen-bond donors (Lipinski definition) is 0. The lowest BCUT2D eigenvalue weighted by atomic mass is 9.92. The maximum Gasteiger partial charge on any atom is 0.335 e. The van der Waals surface area contributed by atoms with Gasteiger partial charge in [-0.05, 0) is 30.4 Å². The van der Waals surface area contributed by atoms with Crippen LogP contribution in [-0.2, 0) is 20.9 Å². The number of carbonyl (C=O) groups is 4. The van der Waals surface area contributed by atoms with E-state index in [4.69, 9.17) is 4.42 Å². The Hall–Kier alpha value is -2.64. The van der Waals surface area contributed by atoms with Gasteiger partial charge in [-0.1, -0.05) is 13.8 Å². The molecule has 3 rings (SSSR count). The number of likely N-dealkylation sites (tertiary alicyclic amines) is 1. The highest BCUT2D eigenvalue weighted by molar-refractivity contribution is 6.44. The zero-order chi connectivity index (χ0) is 18.1. The molecule has 0 unspecified atom stereocenters. The minimum absolute atomic E-state index is 0.126. The minimum Gasteiger partial charge on any atom is -0.467 e. The van der Waals surface area contributed by atoms with Crippen molar-refractivity contribution >= 4 is 23.8 Å². The van der Waals surface area contributed by atoms with Crippen molar-refractivity contribution in [1.29, 1.82) is 0 Å². The first-order valence-electron chi connectivity index (χ1n) is 8.34. The number of furan rings is 1. The number of rotatable bonds is 4. The van der Waals surface area contributed by atoms with Crippen LogP contribution in [0.2, 0.25) is 0 Å². The van der Waals surface area contributed by atoms with Crippen molar-refractivity contribution in [1.82, 2.24) is 14.7 Å². The molecule has 5 amide bonds. The van der Waals surface area contributed by atoms with Gasteiger partial charge in [0.1, 0.15) is 12.3 Å². The number of imide groups is 2. The van der Waals surface area contributed by atoms with Crippen LogP contribution < -0.4 is 0 Å². The van der Waals surface area contributed by atoms with E-state index in [9.17, 15) is 19.2 Å². The van der Waals surface area contributed by atoms with Gasteiger partial charge in [-0.2, -0.15) is 0 Å². The van der Waals surface area contributed by atoms with Crippen LogP contribution in [0.1, 0.15) is 26.0 Å². The second kappa shape index (κ2) is 6.70. The summed E-state index contributed by atoms with van der Waals surface area (Å²) in [6, 6.07) is 2.45. The Bertz CT molecular complexity index is 689. The molecule has 2 aliphatic heterocycles. The smallest absolute Gasteiger partial charge is 0.335 e. The summed E-state index contributed by atoms with van der Waals surface area (Å²) < 4.78 is 5.11. The number of nitrogens with zero attached hydrogens (tertiary/aromatic N) is 3. The largest absolute Gasteiger partial charge is 0.467 e. The van der Waals surface area contributed by atoms with Crippen molar-refractivity contribution in [2.75, 3.05) is 19.6 Å². The molecular weight excluding hydrogens is 326 g/mol. The van der Waals surface area contributed by atoms with Crippen LogP contribution in [0.3, 0.4) is 0 Å². The molecule has 25 heavy (non-hydrogen) atoms. The molecule has 2 fully saturated rings. The molecule has 0 N–H and O–H groups in total. The summed E-state index contributed by atoms with van der Waals surface area (Å²) >= 11 is 0. The monoisotopic (exact) mass is 347 g/mol. The highest BCUT2D eigenvalue weighted by Crippen LogP contribution is 2.22. The molecule has 0 aromatic carbocycles. The molecule has 2 atom stereocenters. The molecule has 2 saturated heterocycles. The molecule has 134 valence electrons. The number of urea groups is 1. The van der Waals surface area contributed by atoms with Crippen LogP contribution in [0.25, 0.3) is 0 Å². The summed E-state index contributed by atoms with van der Waals surface area (Å²) in [5.41, 5.74) is 0. The fourth-order valence-corrected chi connectivity index (χ4v) is 3.49. The zero-order valence-corrected chi connectivity index (χ0v) is 14.3. The Kier molecular flexibility index (Phi) is 4.61. The zero-order valence-electron chi connectivity index (χ0n) is 14.3. The number of amides is 5. The second-order valence-corrected chi connectivity index (χ2v) is 6.89. The third-order valence-corrected chi connectivity index (χ3v) is 4.54. The van der Waals surface area contributed by atoms with Gasteiger partial charge >= 0.3 is 17.8 Å². The van der Waals surface area contributed by atoms with Crippen molar-refractivity contribution in [3.63, 3.8) is 0 Å². The standard InChI is InChI=1S/C17H21N3O5/c1-11-6-12(2)8-18(7-11)14(21)10-20-16(23)15(22)19(17(20)24)9-13-4-3-5-25-13/h3-5,11-12H,6-10H2,1-2H3/t11-,12-/m0/s1. The van der Waals surface area contributed by atoms with Gasteiger partial charge in [0.05, 0.1) is 12.8 Å². The molecule has 1 aromatic heterocycles. The van der Waals surface area contributed by atoms with Crippen LogP contribution in [0.4, 0.5) is 4.79 Å². The summed E-state index contributed by atoms with van der Waals surface area (Å²) in [7, 11) is 0. The fraction of sp³-hybridized carbons (Fsp3) is 0.529. The van der Waals surface area contributed by atoms with E-state index in [1.165, 1.54) is 6.26 Å². The molecule has 1 aromatic rings. The lowest BCUT2D eigenvalue weighted by Crippen LogP contribution is -2.48. The van der Waals surface area contributed by atoms with E-state index in [0.29, 0.717) is 30.7 Å². The van der Waals surface area contributed by atoms with Gasteiger partial charge < -0.3 is 9.32 Å². The van der Waals surface area contributed by atoms with Gasteiger partial charge in [-0.25, -0.2) is 14.6 Å². The molecule has 2 aliphatic rings. The average Bonchev–Trinajstić information content (AvgIpc) is 3.13. The summed E-state index contributed by atoms with van der Waals surface area (Å²) in [6.07, 6.45) is 2.46. The summed E-state index contributed by atoms with van der Waals surface area (Å²) in [6.45, 7) is 4.80. The molecule has 8 heteroatoms. The van der Waals surface area contributed by atoms with Gasteiger partial charge in [-0.15, -0.1) is 0 Å². The Morgan fingerprint density at radius 2 is 1.76 bits per heavy atom. The Balaban J connectivity index is 1.67. The predicted molar refractivity (Wildman–Crippen MR) is 85.9 cm³/mol. The molecular formula is C17H21N3O5. The van der Waals surface area contributed by atoms with Gasteiger partial charge in [-0.3, -0.25) is 14.4 Å². The van der Waals surface area contributed by atoms with Crippen molar-refractivity contribution in [2.45, 2.75) is 26.8 Å². The van der Waals surface area contributed by atoms with Crippen molar-refractivity contribution < 1.29 is 23.6 Å². The third-order valence-electron chi connectivity index (χ3n) is 4.54. The van der Waals surface area contributed by atoms with Gasteiger partial charge in [0.15, 0.2) is 0 Å². The van der Waals surface area contributed by atoms with E-state index in [2.05, 4.69) is 13.8 Å². The maximum absolute atomic E-state index is 12.5. The van der Waals surface area contributed by atoms with Gasteiger partial charge in [0.2, 0.25) is 5.91 Å². The minimum atomic E-state index is -0.969. The lowest BCUT2D eigenvalue weighted by molar-refractivity contribution is -0.145. The second-order valence-electron chi connectivity index (χ2n) is 6.89. The SMILES string of the molecule is C[C@H]1C[C@H](C)CN(C(=O)CN2C(=O)C(=O)N(Cc3ccco3)C2=O)C1. The highest BCUT2D eigenvalue weighted by atomic mass is 16.3. The van der Waals surface area contributed by atoms with E-state index < -0.39 is 24.4 Å². The lowest BCUT2D eigenvalue weighted by Gasteiger charge is -2.35. The Labute approximate surface area is 145 Å². The van der Waals surface area contributed by atoms with E-state index in [0.717, 1.165) is 16.2 Å². The molecule has 0 aliphatic carbocycles. The van der Waals surface area contributed by atoms with Crippen LogP contribution in [0.5, 0.6) is 0 Å². The first-order valence-corrected chi connectivity index (χ1v) is 8.34. The topological polar surface area (TPSA) is 91.1 Å². The molecule has 8 nitrogen and oxygen atoms in total. The van der Waals surface area contributed by atoms with Crippen molar-refractivity contribution in [3.8, 4) is 0 Å². The Morgan fingerprint density at radius 3 is 2.36 bits per heavy atom. The number of carbonyl (C=O) groups excluding carboxylic acids is 4. The summed E-state index contributed by atoms with van der Waals surface area (Å²) in [5, 5.41) is 0. The number of hydrogen-bond acceptors (Lipinski definition) is 5. The summed E-state index contributed by atoms with van der Waals surface area (Å²) in [5.74, 6) is -1.09. The third kappa shape index (κ3) is 3.42. The maximum atomic E-state index is 12.5. The molecule has 0 saturated carbocycles. The van der Waals surface area contributed by atoms with E-state index in [1.807, 2.05) is 0 Å². The van der Waals surface area contributed by atoms with Crippen molar-refractivity contribution in [3.05, 3.63) is 24.2 Å². The number of piperidine rings is 1. The highest BCUT2D eigenvalue weighted by Gasteiger charge is 2.46. The fourth-order valence-electron chi connectivity index (χ4n) is 3.49. The van der Waals surface area contributed by atoms with E-state index in [-0.39, 0.29) is 12.5 Å². The Morgan fingerprint density at radius 1 is 1.12 bits per heavy atom. The predicted octanol–water partition coefficient (Wildman–Crippen LogP) is 1.07. The van der Waals surface area contributed by atoms with Gasteiger partial charge in [0.25, 0.3) is 0 Å². The molecule has 0 spiro atoms. The molecule has 0 bridgehead atoms. The average molecular weight is 347 g/mol. The van der Waals surface area contributed by atoms with Crippen LogP contribution in [-0.4, -0.2) is 58.1 Å². The van der Waals surface area contributed by atoms with Crippen LogP contribution in [0.15, 0.2) is 22.8 Å². The molecule has 3 heterocycles.